The van der Waals surface area contributed by atoms with Crippen molar-refractivity contribution in [3.05, 3.63) is 0 Å². The maximum atomic E-state index is 11.6. The predicted octanol–water partition coefficient (Wildman–Crippen LogP) is -0.470. The number of hydrogen-bond acceptors (Lipinski definition) is 5. The van der Waals surface area contributed by atoms with Crippen LogP contribution < -0.4 is 5.73 Å². The van der Waals surface area contributed by atoms with Crippen LogP contribution in [-0.2, 0) is 9.84 Å². The number of nitrogens with zero attached hydrogens (tertiary/aromatic N) is 2. The van der Waals surface area contributed by atoms with Gasteiger partial charge in [0, 0.05) is 38.3 Å². The van der Waals surface area contributed by atoms with Crippen LogP contribution in [-0.4, -0.2) is 74.5 Å². The topological polar surface area (TPSA) is 66.6 Å². The summed E-state index contributed by atoms with van der Waals surface area (Å²) in [6.45, 7) is 8.04. The van der Waals surface area contributed by atoms with Gasteiger partial charge in [-0.3, -0.25) is 4.90 Å². The summed E-state index contributed by atoms with van der Waals surface area (Å²) in [6.07, 6.45) is 1.41. The molecule has 2 heterocycles. The number of hydrogen-bond donors (Lipinski definition) is 1. The van der Waals surface area contributed by atoms with Crippen molar-refractivity contribution in [3.8, 4) is 0 Å². The van der Waals surface area contributed by atoms with Gasteiger partial charge in [-0.15, -0.1) is 0 Å². The van der Waals surface area contributed by atoms with Crippen LogP contribution in [0.5, 0.6) is 0 Å². The van der Waals surface area contributed by atoms with Crippen molar-refractivity contribution in [1.82, 2.24) is 9.80 Å². The Morgan fingerprint density at radius 2 is 1.67 bits per heavy atom. The molecule has 0 radical (unpaired) electrons. The van der Waals surface area contributed by atoms with Gasteiger partial charge in [0.25, 0.3) is 0 Å². The van der Waals surface area contributed by atoms with Gasteiger partial charge in [0.15, 0.2) is 0 Å². The Labute approximate surface area is 110 Å². The molecule has 0 aliphatic carbocycles. The summed E-state index contributed by atoms with van der Waals surface area (Å²) in [5, 5.41) is 0. The summed E-state index contributed by atoms with van der Waals surface area (Å²) in [5.74, 6) is 0.608. The summed E-state index contributed by atoms with van der Waals surface area (Å²) in [4.78, 5) is 4.87. The second-order valence-corrected chi connectivity index (χ2v) is 7.81. The normalized spacial score (nSPS) is 29.2. The van der Waals surface area contributed by atoms with Crippen LogP contribution in [0.2, 0.25) is 0 Å². The van der Waals surface area contributed by atoms with Gasteiger partial charge in [0.1, 0.15) is 9.84 Å². The minimum atomic E-state index is -2.81. The third kappa shape index (κ3) is 2.87. The lowest BCUT2D eigenvalue weighted by Gasteiger charge is -2.49. The zero-order valence-electron chi connectivity index (χ0n) is 11.3. The minimum absolute atomic E-state index is 0.0643. The molecule has 2 aliphatic heterocycles. The van der Waals surface area contributed by atoms with E-state index in [1.54, 1.807) is 0 Å². The molecule has 6 heteroatoms. The van der Waals surface area contributed by atoms with Crippen LogP contribution in [0.15, 0.2) is 0 Å². The molecule has 2 fully saturated rings. The largest absolute Gasteiger partial charge is 0.329 e. The molecule has 0 amide bonds. The van der Waals surface area contributed by atoms with E-state index in [0.717, 1.165) is 32.7 Å². The van der Waals surface area contributed by atoms with Crippen molar-refractivity contribution in [2.75, 3.05) is 50.8 Å². The minimum Gasteiger partial charge on any atom is -0.329 e. The lowest BCUT2D eigenvalue weighted by molar-refractivity contribution is 0.0313. The first-order valence-electron chi connectivity index (χ1n) is 6.89. The first-order chi connectivity index (χ1) is 8.51. The monoisotopic (exact) mass is 275 g/mol. The smallest absolute Gasteiger partial charge is 0.150 e. The molecule has 2 N–H and O–H groups in total. The van der Waals surface area contributed by atoms with Crippen molar-refractivity contribution in [1.29, 1.82) is 0 Å². The zero-order valence-corrected chi connectivity index (χ0v) is 12.1. The molecule has 0 unspecified atom stereocenters. The molecule has 2 aliphatic rings. The Bertz CT molecular complexity index is 361. The van der Waals surface area contributed by atoms with Gasteiger partial charge in [0.2, 0.25) is 0 Å². The summed E-state index contributed by atoms with van der Waals surface area (Å²) < 4.78 is 23.1. The van der Waals surface area contributed by atoms with Crippen LogP contribution in [0.1, 0.15) is 19.8 Å². The van der Waals surface area contributed by atoms with Gasteiger partial charge in [-0.25, -0.2) is 8.42 Å². The van der Waals surface area contributed by atoms with Crippen molar-refractivity contribution in [3.63, 3.8) is 0 Å². The highest BCUT2D eigenvalue weighted by molar-refractivity contribution is 7.91. The number of nitrogens with two attached hydrogens (primary N) is 1. The van der Waals surface area contributed by atoms with Gasteiger partial charge >= 0.3 is 0 Å². The van der Waals surface area contributed by atoms with Crippen molar-refractivity contribution >= 4 is 9.84 Å². The van der Waals surface area contributed by atoms with Crippen molar-refractivity contribution < 1.29 is 8.42 Å². The maximum Gasteiger partial charge on any atom is 0.150 e. The number of rotatable bonds is 3. The molecule has 5 nitrogen and oxygen atoms in total. The van der Waals surface area contributed by atoms with E-state index in [4.69, 9.17) is 5.73 Å². The van der Waals surface area contributed by atoms with Gasteiger partial charge in [-0.1, -0.05) is 6.92 Å². The predicted molar refractivity (Wildman–Crippen MR) is 73.4 cm³/mol. The Kier molecular flexibility index (Phi) is 4.31. The molecule has 2 rings (SSSR count). The third-order valence-electron chi connectivity index (χ3n) is 4.63. The molecule has 0 aromatic rings. The van der Waals surface area contributed by atoms with E-state index in [1.807, 2.05) is 0 Å². The molecule has 0 aromatic carbocycles. The standard InChI is InChI=1S/C12H25N3O2S/c1-2-14-5-7-15(8-6-14)12(11-13)3-9-18(16,17)10-4-12/h2-11,13H2,1H3. The molecule has 2 saturated heterocycles. The first kappa shape index (κ1) is 14.2. The SMILES string of the molecule is CCN1CCN(C2(CN)CCS(=O)(=O)CC2)CC1. The summed E-state index contributed by atoms with van der Waals surface area (Å²) >= 11 is 0. The van der Waals surface area contributed by atoms with E-state index < -0.39 is 9.84 Å². The quantitative estimate of drug-likeness (QED) is 0.754. The van der Waals surface area contributed by atoms with Crippen LogP contribution >= 0.6 is 0 Å². The molecule has 0 atom stereocenters. The molecule has 0 aromatic heterocycles. The second-order valence-electron chi connectivity index (χ2n) is 5.50. The van der Waals surface area contributed by atoms with Gasteiger partial charge in [-0.2, -0.15) is 0 Å². The van der Waals surface area contributed by atoms with E-state index in [9.17, 15) is 8.42 Å². The van der Waals surface area contributed by atoms with E-state index in [2.05, 4.69) is 16.7 Å². The van der Waals surface area contributed by atoms with Crippen LogP contribution in [0.4, 0.5) is 0 Å². The highest BCUT2D eigenvalue weighted by atomic mass is 32.2. The van der Waals surface area contributed by atoms with Crippen molar-refractivity contribution in [2.24, 2.45) is 5.73 Å². The summed E-state index contributed by atoms with van der Waals surface area (Å²) in [5.41, 5.74) is 5.91. The van der Waals surface area contributed by atoms with E-state index in [-0.39, 0.29) is 5.54 Å². The summed E-state index contributed by atoms with van der Waals surface area (Å²) in [6, 6.07) is 0. The fourth-order valence-electron chi connectivity index (χ4n) is 3.11. The lowest BCUT2D eigenvalue weighted by atomic mass is 9.89. The highest BCUT2D eigenvalue weighted by Gasteiger charge is 2.41. The van der Waals surface area contributed by atoms with Crippen LogP contribution in [0, 0.1) is 0 Å². The fraction of sp³-hybridized carbons (Fsp3) is 1.00. The Balaban J connectivity index is 2.01. The Morgan fingerprint density at radius 1 is 1.11 bits per heavy atom. The maximum absolute atomic E-state index is 11.6. The van der Waals surface area contributed by atoms with Crippen molar-refractivity contribution in [2.45, 2.75) is 25.3 Å². The fourth-order valence-corrected chi connectivity index (χ4v) is 4.69. The van der Waals surface area contributed by atoms with Crippen LogP contribution in [0.3, 0.4) is 0 Å². The number of sulfone groups is 1. The summed E-state index contributed by atoms with van der Waals surface area (Å²) in [7, 11) is -2.81. The Hall–Kier alpha value is -0.170. The molecule has 0 spiro atoms. The van der Waals surface area contributed by atoms with Crippen LogP contribution in [0.25, 0.3) is 0 Å². The molecule has 18 heavy (non-hydrogen) atoms. The second kappa shape index (κ2) is 5.45. The first-order valence-corrected chi connectivity index (χ1v) is 8.71. The average molecular weight is 275 g/mol. The highest BCUT2D eigenvalue weighted by Crippen LogP contribution is 2.30. The molecular weight excluding hydrogens is 250 g/mol. The number of piperazine rings is 1. The molecular formula is C12H25N3O2S. The molecule has 106 valence electrons. The lowest BCUT2D eigenvalue weighted by Crippen LogP contribution is -2.62. The van der Waals surface area contributed by atoms with Gasteiger partial charge < -0.3 is 10.6 Å². The zero-order chi connectivity index (χ0) is 13.2. The Morgan fingerprint density at radius 3 is 2.11 bits per heavy atom. The average Bonchev–Trinajstić information content (AvgIpc) is 2.40. The number of likely N-dealkylation sites (N-methyl/N-ethyl adjacent to an activating group) is 1. The van der Waals surface area contributed by atoms with E-state index in [0.29, 0.717) is 30.9 Å². The third-order valence-corrected chi connectivity index (χ3v) is 6.28. The molecule has 0 bridgehead atoms. The van der Waals surface area contributed by atoms with Gasteiger partial charge in [-0.05, 0) is 19.4 Å². The van der Waals surface area contributed by atoms with E-state index in [1.165, 1.54) is 0 Å². The van der Waals surface area contributed by atoms with E-state index >= 15 is 0 Å². The van der Waals surface area contributed by atoms with Gasteiger partial charge in [0.05, 0.1) is 11.5 Å². The molecule has 0 saturated carbocycles.